The minimum Gasteiger partial charge on any atom is -0.459 e. The average molecular weight is 417 g/mol. The fourth-order valence-electron chi connectivity index (χ4n) is 4.62. The molecule has 0 saturated carbocycles. The minimum absolute atomic E-state index is 0.0960. The number of hydrogen-bond acceptors (Lipinski definition) is 4. The second-order valence-corrected chi connectivity index (χ2v) is 10.2. The van der Waals surface area contributed by atoms with Crippen molar-refractivity contribution in [2.75, 3.05) is 25.4 Å². The molecule has 1 spiro atoms. The number of piperidine rings is 1. The van der Waals surface area contributed by atoms with Crippen LogP contribution in [0.5, 0.6) is 0 Å². The fraction of sp³-hybridized carbons (Fsp3) is 0.500. The van der Waals surface area contributed by atoms with Crippen LogP contribution >= 0.6 is 0 Å². The first-order chi connectivity index (χ1) is 14.0. The Morgan fingerprint density at radius 1 is 1.14 bits per heavy atom. The van der Waals surface area contributed by atoms with E-state index in [9.17, 15) is 13.2 Å². The molecule has 156 valence electrons. The molecule has 0 aliphatic carbocycles. The highest BCUT2D eigenvalue weighted by Gasteiger charge is 2.45. The van der Waals surface area contributed by atoms with Gasteiger partial charge in [0.25, 0.3) is 5.91 Å². The summed E-state index contributed by atoms with van der Waals surface area (Å²) in [5, 5.41) is 0. The van der Waals surface area contributed by atoms with Crippen LogP contribution in [0.25, 0.3) is 0 Å². The lowest BCUT2D eigenvalue weighted by Gasteiger charge is -2.48. The molecule has 1 aromatic heterocycles. The van der Waals surface area contributed by atoms with Gasteiger partial charge in [0, 0.05) is 31.6 Å². The van der Waals surface area contributed by atoms with Gasteiger partial charge >= 0.3 is 0 Å². The van der Waals surface area contributed by atoms with E-state index in [-0.39, 0.29) is 17.1 Å². The number of sulfonamides is 1. The molecule has 0 N–H and O–H groups in total. The zero-order chi connectivity index (χ0) is 20.5. The lowest BCUT2D eigenvalue weighted by atomic mass is 9.69. The second kappa shape index (κ2) is 7.95. The predicted octanol–water partition coefficient (Wildman–Crippen LogP) is 3.40. The van der Waals surface area contributed by atoms with E-state index in [2.05, 4.69) is 6.07 Å². The van der Waals surface area contributed by atoms with Gasteiger partial charge in [0.05, 0.1) is 12.0 Å². The monoisotopic (exact) mass is 416 g/mol. The molecule has 0 radical (unpaired) electrons. The molecule has 1 fully saturated rings. The second-order valence-electron chi connectivity index (χ2n) is 8.14. The summed E-state index contributed by atoms with van der Waals surface area (Å²) in [5.41, 5.74) is 2.09. The van der Waals surface area contributed by atoms with Crippen molar-refractivity contribution in [3.8, 4) is 0 Å². The van der Waals surface area contributed by atoms with Crippen LogP contribution in [-0.4, -0.2) is 48.9 Å². The van der Waals surface area contributed by atoms with Crippen molar-refractivity contribution in [1.29, 1.82) is 0 Å². The van der Waals surface area contributed by atoms with E-state index in [1.165, 1.54) is 11.8 Å². The maximum absolute atomic E-state index is 13.0. The SMILES string of the molecule is CCCCS(=O)(=O)N1Cc2ccccc2C2(CCN(C(=O)c3ccco3)CC2)C1. The number of unbranched alkanes of at least 4 members (excludes halogenated alkanes) is 1. The molecule has 1 amide bonds. The Morgan fingerprint density at radius 2 is 1.90 bits per heavy atom. The Hall–Kier alpha value is -2.12. The third-order valence-electron chi connectivity index (χ3n) is 6.30. The zero-order valence-corrected chi connectivity index (χ0v) is 17.7. The third-order valence-corrected chi connectivity index (χ3v) is 8.15. The standard InChI is InChI=1S/C22H28N2O4S/c1-2-3-15-29(26,27)24-16-18-7-4-5-8-19(18)22(17-24)10-12-23(13-11-22)21(25)20-9-6-14-28-20/h4-9,14H,2-3,10-13,15-17H2,1H3. The normalized spacial score (nSPS) is 19.3. The molecule has 7 heteroatoms. The Labute approximate surface area is 172 Å². The number of hydrogen-bond donors (Lipinski definition) is 0. The summed E-state index contributed by atoms with van der Waals surface area (Å²) >= 11 is 0. The van der Waals surface area contributed by atoms with Crippen molar-refractivity contribution >= 4 is 15.9 Å². The first-order valence-corrected chi connectivity index (χ1v) is 12.0. The van der Waals surface area contributed by atoms with Gasteiger partial charge in [0.15, 0.2) is 5.76 Å². The number of carbonyl (C=O) groups is 1. The van der Waals surface area contributed by atoms with Gasteiger partial charge in [-0.3, -0.25) is 4.79 Å². The summed E-state index contributed by atoms with van der Waals surface area (Å²) < 4.78 is 32.9. The number of benzene rings is 1. The molecule has 0 bridgehead atoms. The molecule has 1 aromatic carbocycles. The average Bonchev–Trinajstić information content (AvgIpc) is 3.27. The number of nitrogens with zero attached hydrogens (tertiary/aromatic N) is 2. The van der Waals surface area contributed by atoms with Crippen LogP contribution in [0.1, 0.15) is 54.3 Å². The van der Waals surface area contributed by atoms with Gasteiger partial charge in [-0.1, -0.05) is 37.6 Å². The summed E-state index contributed by atoms with van der Waals surface area (Å²) in [6, 6.07) is 11.6. The molecule has 3 heterocycles. The van der Waals surface area contributed by atoms with E-state index in [0.717, 1.165) is 24.8 Å². The van der Waals surface area contributed by atoms with E-state index in [0.29, 0.717) is 38.4 Å². The summed E-state index contributed by atoms with van der Waals surface area (Å²) in [6.45, 7) is 4.14. The lowest BCUT2D eigenvalue weighted by Crippen LogP contribution is -2.54. The van der Waals surface area contributed by atoms with Crippen LogP contribution in [0.4, 0.5) is 0 Å². The molecule has 2 aliphatic rings. The molecule has 6 nitrogen and oxygen atoms in total. The van der Waals surface area contributed by atoms with Crippen LogP contribution in [0.3, 0.4) is 0 Å². The summed E-state index contributed by atoms with van der Waals surface area (Å²) in [5.74, 6) is 0.459. The Balaban J connectivity index is 1.58. The first-order valence-electron chi connectivity index (χ1n) is 10.3. The molecule has 4 rings (SSSR count). The van der Waals surface area contributed by atoms with Crippen molar-refractivity contribution in [2.45, 2.75) is 44.6 Å². The van der Waals surface area contributed by atoms with E-state index in [1.807, 2.05) is 30.0 Å². The van der Waals surface area contributed by atoms with E-state index < -0.39 is 10.0 Å². The van der Waals surface area contributed by atoms with Gasteiger partial charge in [0.2, 0.25) is 10.0 Å². The highest BCUT2D eigenvalue weighted by molar-refractivity contribution is 7.89. The van der Waals surface area contributed by atoms with Gasteiger partial charge in [-0.2, -0.15) is 4.31 Å². The van der Waals surface area contributed by atoms with Gasteiger partial charge in [-0.25, -0.2) is 8.42 Å². The maximum Gasteiger partial charge on any atom is 0.289 e. The first kappa shape index (κ1) is 20.2. The highest BCUT2D eigenvalue weighted by Crippen LogP contribution is 2.42. The van der Waals surface area contributed by atoms with Crippen LogP contribution in [0, 0.1) is 0 Å². The number of furan rings is 1. The smallest absolute Gasteiger partial charge is 0.289 e. The Morgan fingerprint density at radius 3 is 2.59 bits per heavy atom. The predicted molar refractivity (Wildman–Crippen MR) is 111 cm³/mol. The highest BCUT2D eigenvalue weighted by atomic mass is 32.2. The summed E-state index contributed by atoms with van der Waals surface area (Å²) in [7, 11) is -3.29. The number of fused-ring (bicyclic) bond motifs is 2. The van der Waals surface area contributed by atoms with Crippen molar-refractivity contribution in [1.82, 2.24) is 9.21 Å². The largest absolute Gasteiger partial charge is 0.459 e. The zero-order valence-electron chi connectivity index (χ0n) is 16.8. The quantitative estimate of drug-likeness (QED) is 0.749. The Bertz CT molecular complexity index is 960. The third kappa shape index (κ3) is 3.85. The molecule has 0 atom stereocenters. The molecule has 1 saturated heterocycles. The lowest BCUT2D eigenvalue weighted by molar-refractivity contribution is 0.0606. The number of carbonyl (C=O) groups excluding carboxylic acids is 1. The number of rotatable bonds is 5. The molecule has 2 aliphatic heterocycles. The van der Waals surface area contributed by atoms with Gasteiger partial charge < -0.3 is 9.32 Å². The van der Waals surface area contributed by atoms with Gasteiger partial charge in [-0.05, 0) is 42.5 Å². The number of amides is 1. The summed E-state index contributed by atoms with van der Waals surface area (Å²) in [6.07, 6.45) is 4.54. The van der Waals surface area contributed by atoms with Gasteiger partial charge in [0.1, 0.15) is 0 Å². The van der Waals surface area contributed by atoms with Gasteiger partial charge in [-0.15, -0.1) is 0 Å². The minimum atomic E-state index is -3.29. The molecular formula is C22H28N2O4S. The van der Waals surface area contributed by atoms with E-state index in [1.54, 1.807) is 16.4 Å². The molecular weight excluding hydrogens is 388 g/mol. The van der Waals surface area contributed by atoms with Crippen molar-refractivity contribution in [3.05, 3.63) is 59.5 Å². The van der Waals surface area contributed by atoms with Crippen LogP contribution in [0.15, 0.2) is 47.1 Å². The topological polar surface area (TPSA) is 70.8 Å². The Kier molecular flexibility index (Phi) is 5.53. The molecule has 29 heavy (non-hydrogen) atoms. The maximum atomic E-state index is 13.0. The fourth-order valence-corrected chi connectivity index (χ4v) is 6.31. The van der Waals surface area contributed by atoms with Crippen molar-refractivity contribution < 1.29 is 17.6 Å². The van der Waals surface area contributed by atoms with Crippen molar-refractivity contribution in [2.24, 2.45) is 0 Å². The van der Waals surface area contributed by atoms with Crippen molar-refractivity contribution in [3.63, 3.8) is 0 Å². The molecule has 2 aromatic rings. The van der Waals surface area contributed by atoms with Crippen LogP contribution in [0.2, 0.25) is 0 Å². The van der Waals surface area contributed by atoms with Crippen LogP contribution in [-0.2, 0) is 22.0 Å². The van der Waals surface area contributed by atoms with E-state index in [4.69, 9.17) is 4.42 Å². The van der Waals surface area contributed by atoms with E-state index >= 15 is 0 Å². The van der Waals surface area contributed by atoms with Crippen LogP contribution < -0.4 is 0 Å². The summed E-state index contributed by atoms with van der Waals surface area (Å²) in [4.78, 5) is 14.5. The number of likely N-dealkylation sites (tertiary alicyclic amines) is 1. The molecule has 0 unspecified atom stereocenters.